The van der Waals surface area contributed by atoms with E-state index in [1.54, 1.807) is 25.1 Å². The number of ether oxygens (including phenoxy) is 1. The summed E-state index contributed by atoms with van der Waals surface area (Å²) in [5.74, 6) is 1.79. The fourth-order valence-corrected chi connectivity index (χ4v) is 3.61. The third kappa shape index (κ3) is 4.65. The maximum absolute atomic E-state index is 9.61. The van der Waals surface area contributed by atoms with Crippen molar-refractivity contribution in [3.63, 3.8) is 0 Å². The predicted octanol–water partition coefficient (Wildman–Crippen LogP) is 3.77. The summed E-state index contributed by atoms with van der Waals surface area (Å²) >= 11 is 1.72. The van der Waals surface area contributed by atoms with Crippen LogP contribution in [-0.4, -0.2) is 27.5 Å². The van der Waals surface area contributed by atoms with Gasteiger partial charge in [0.15, 0.2) is 5.16 Å². The highest BCUT2D eigenvalue weighted by atomic mass is 32.2. The molecule has 1 aromatic heterocycles. The van der Waals surface area contributed by atoms with Crippen molar-refractivity contribution in [3.05, 3.63) is 77.6 Å². The van der Waals surface area contributed by atoms with Gasteiger partial charge in [0.1, 0.15) is 5.75 Å². The standard InChI is InChI=1S/C20H22N2O2S/c1-24-19-9-7-17(8-10-19)14-22-18(15-23)13-21-20(22)25-12-11-16-5-3-2-4-6-16/h2-10,13,23H,11-12,14-15H2,1H3. The van der Waals surface area contributed by atoms with E-state index in [1.165, 1.54) is 5.56 Å². The Hall–Kier alpha value is -2.24. The molecular weight excluding hydrogens is 332 g/mol. The molecule has 0 unspecified atom stereocenters. The van der Waals surface area contributed by atoms with E-state index in [-0.39, 0.29) is 6.61 Å². The smallest absolute Gasteiger partial charge is 0.168 e. The van der Waals surface area contributed by atoms with Crippen LogP contribution in [0.5, 0.6) is 5.75 Å². The summed E-state index contributed by atoms with van der Waals surface area (Å²) in [6, 6.07) is 18.4. The molecular formula is C20H22N2O2S. The number of benzene rings is 2. The monoisotopic (exact) mass is 354 g/mol. The number of aliphatic hydroxyl groups is 1. The van der Waals surface area contributed by atoms with Gasteiger partial charge in [-0.15, -0.1) is 0 Å². The fourth-order valence-electron chi connectivity index (χ4n) is 2.62. The van der Waals surface area contributed by atoms with E-state index < -0.39 is 0 Å². The third-order valence-corrected chi connectivity index (χ3v) is 5.02. The van der Waals surface area contributed by atoms with Gasteiger partial charge in [-0.25, -0.2) is 4.98 Å². The van der Waals surface area contributed by atoms with Gasteiger partial charge in [0.25, 0.3) is 0 Å². The summed E-state index contributed by atoms with van der Waals surface area (Å²) in [6.07, 6.45) is 2.75. The van der Waals surface area contributed by atoms with Gasteiger partial charge in [0.2, 0.25) is 0 Å². The molecule has 3 aromatic rings. The Labute approximate surface area is 152 Å². The van der Waals surface area contributed by atoms with E-state index in [9.17, 15) is 5.11 Å². The molecule has 1 heterocycles. The van der Waals surface area contributed by atoms with Crippen LogP contribution in [0.25, 0.3) is 0 Å². The summed E-state index contributed by atoms with van der Waals surface area (Å²) < 4.78 is 7.29. The van der Waals surface area contributed by atoms with E-state index in [4.69, 9.17) is 4.74 Å². The Morgan fingerprint density at radius 2 is 1.80 bits per heavy atom. The summed E-state index contributed by atoms with van der Waals surface area (Å²) in [6.45, 7) is 0.677. The summed E-state index contributed by atoms with van der Waals surface area (Å²) in [4.78, 5) is 4.49. The van der Waals surface area contributed by atoms with Gasteiger partial charge in [-0.3, -0.25) is 0 Å². The van der Waals surface area contributed by atoms with Crippen LogP contribution < -0.4 is 4.74 Å². The van der Waals surface area contributed by atoms with Crippen molar-refractivity contribution >= 4 is 11.8 Å². The third-order valence-electron chi connectivity index (χ3n) is 4.03. The molecule has 0 atom stereocenters. The van der Waals surface area contributed by atoms with Crippen molar-refractivity contribution in [1.82, 2.24) is 9.55 Å². The van der Waals surface area contributed by atoms with Crippen LogP contribution in [0.3, 0.4) is 0 Å². The molecule has 0 fully saturated rings. The van der Waals surface area contributed by atoms with Gasteiger partial charge in [0.05, 0.1) is 25.6 Å². The van der Waals surface area contributed by atoms with Crippen molar-refractivity contribution in [2.45, 2.75) is 24.7 Å². The second-order valence-electron chi connectivity index (χ2n) is 5.71. The number of aryl methyl sites for hydroxylation is 1. The molecule has 1 N–H and O–H groups in total. The maximum Gasteiger partial charge on any atom is 0.168 e. The van der Waals surface area contributed by atoms with Crippen LogP contribution in [0.15, 0.2) is 66.0 Å². The van der Waals surface area contributed by atoms with Gasteiger partial charge in [-0.05, 0) is 29.7 Å². The molecule has 0 spiro atoms. The minimum Gasteiger partial charge on any atom is -0.497 e. The maximum atomic E-state index is 9.61. The Kier molecular flexibility index (Phi) is 6.14. The number of aliphatic hydroxyl groups excluding tert-OH is 1. The lowest BCUT2D eigenvalue weighted by Gasteiger charge is -2.11. The minimum atomic E-state index is -0.0115. The largest absolute Gasteiger partial charge is 0.497 e. The number of hydrogen-bond acceptors (Lipinski definition) is 4. The quantitative estimate of drug-likeness (QED) is 0.626. The van der Waals surface area contributed by atoms with E-state index in [2.05, 4.69) is 33.8 Å². The van der Waals surface area contributed by atoms with E-state index in [0.29, 0.717) is 6.54 Å². The van der Waals surface area contributed by atoms with Crippen molar-refractivity contribution in [3.8, 4) is 5.75 Å². The zero-order chi connectivity index (χ0) is 17.5. The normalized spacial score (nSPS) is 10.8. The lowest BCUT2D eigenvalue weighted by Crippen LogP contribution is -2.06. The zero-order valence-corrected chi connectivity index (χ0v) is 15.1. The molecule has 0 amide bonds. The molecule has 4 nitrogen and oxygen atoms in total. The number of methoxy groups -OCH3 is 1. The number of rotatable bonds is 8. The van der Waals surface area contributed by atoms with Crippen LogP contribution in [0.4, 0.5) is 0 Å². The number of imidazole rings is 1. The first kappa shape index (κ1) is 17.6. The van der Waals surface area contributed by atoms with Gasteiger partial charge in [-0.1, -0.05) is 54.2 Å². The Balaban J connectivity index is 1.68. The molecule has 0 radical (unpaired) electrons. The van der Waals surface area contributed by atoms with E-state index in [0.717, 1.165) is 34.3 Å². The Bertz CT molecular complexity index is 785. The van der Waals surface area contributed by atoms with Gasteiger partial charge in [-0.2, -0.15) is 0 Å². The second-order valence-corrected chi connectivity index (χ2v) is 6.77. The van der Waals surface area contributed by atoms with Crippen LogP contribution in [-0.2, 0) is 19.6 Å². The van der Waals surface area contributed by atoms with Crippen LogP contribution in [0.1, 0.15) is 16.8 Å². The highest BCUT2D eigenvalue weighted by Gasteiger charge is 2.11. The van der Waals surface area contributed by atoms with Crippen LogP contribution in [0, 0.1) is 0 Å². The lowest BCUT2D eigenvalue weighted by molar-refractivity contribution is 0.270. The predicted molar refractivity (Wildman–Crippen MR) is 101 cm³/mol. The molecule has 0 bridgehead atoms. The van der Waals surface area contributed by atoms with Gasteiger partial charge >= 0.3 is 0 Å². The van der Waals surface area contributed by atoms with Crippen molar-refractivity contribution in [1.29, 1.82) is 0 Å². The van der Waals surface area contributed by atoms with E-state index in [1.807, 2.05) is 30.3 Å². The molecule has 0 aliphatic carbocycles. The molecule has 0 aliphatic heterocycles. The van der Waals surface area contributed by atoms with Crippen molar-refractivity contribution in [2.75, 3.05) is 12.9 Å². The second kappa shape index (κ2) is 8.74. The number of thioether (sulfide) groups is 1. The minimum absolute atomic E-state index is 0.0115. The van der Waals surface area contributed by atoms with Crippen LogP contribution >= 0.6 is 11.8 Å². The van der Waals surface area contributed by atoms with E-state index >= 15 is 0 Å². The van der Waals surface area contributed by atoms with Crippen molar-refractivity contribution in [2.24, 2.45) is 0 Å². The number of hydrogen-bond donors (Lipinski definition) is 1. The molecule has 3 rings (SSSR count). The first-order valence-corrected chi connectivity index (χ1v) is 9.23. The summed E-state index contributed by atoms with van der Waals surface area (Å²) in [5.41, 5.74) is 3.31. The number of nitrogens with zero attached hydrogens (tertiary/aromatic N) is 2. The average molecular weight is 354 g/mol. The highest BCUT2D eigenvalue weighted by molar-refractivity contribution is 7.99. The van der Waals surface area contributed by atoms with Gasteiger partial charge < -0.3 is 14.4 Å². The number of aromatic nitrogens is 2. The van der Waals surface area contributed by atoms with Crippen LogP contribution in [0.2, 0.25) is 0 Å². The summed E-state index contributed by atoms with van der Waals surface area (Å²) in [5, 5.41) is 10.5. The molecule has 0 aliphatic rings. The Morgan fingerprint density at radius 3 is 2.48 bits per heavy atom. The van der Waals surface area contributed by atoms with Crippen molar-refractivity contribution < 1.29 is 9.84 Å². The average Bonchev–Trinajstić information content (AvgIpc) is 3.05. The first-order valence-electron chi connectivity index (χ1n) is 8.25. The summed E-state index contributed by atoms with van der Waals surface area (Å²) in [7, 11) is 1.66. The fraction of sp³-hybridized carbons (Fsp3) is 0.250. The molecule has 130 valence electrons. The Morgan fingerprint density at radius 1 is 1.04 bits per heavy atom. The molecule has 2 aromatic carbocycles. The highest BCUT2D eigenvalue weighted by Crippen LogP contribution is 2.22. The first-order chi connectivity index (χ1) is 12.3. The SMILES string of the molecule is COc1ccc(Cn2c(CO)cnc2SCCc2ccccc2)cc1. The van der Waals surface area contributed by atoms with Gasteiger partial charge in [0, 0.05) is 12.3 Å². The lowest BCUT2D eigenvalue weighted by atomic mass is 10.2. The zero-order valence-electron chi connectivity index (χ0n) is 14.3. The molecule has 0 saturated heterocycles. The molecule has 5 heteroatoms. The topological polar surface area (TPSA) is 47.3 Å². The molecule has 0 saturated carbocycles. The molecule has 25 heavy (non-hydrogen) atoms.